The van der Waals surface area contributed by atoms with Gasteiger partial charge in [0.1, 0.15) is 5.82 Å². The minimum absolute atomic E-state index is 0.0497. The van der Waals surface area contributed by atoms with E-state index in [1.165, 1.54) is 17.0 Å². The van der Waals surface area contributed by atoms with Crippen LogP contribution in [0.3, 0.4) is 0 Å². The number of benzene rings is 1. The predicted octanol–water partition coefficient (Wildman–Crippen LogP) is 2.18. The number of anilines is 1. The predicted molar refractivity (Wildman–Crippen MR) is 77.5 cm³/mol. The highest BCUT2D eigenvalue weighted by atomic mass is 79.9. The quantitative estimate of drug-likeness (QED) is 0.871. The van der Waals surface area contributed by atoms with E-state index >= 15 is 0 Å². The number of rotatable bonds is 3. The summed E-state index contributed by atoms with van der Waals surface area (Å²) >= 11 is 3.18. The number of amides is 1. The summed E-state index contributed by atoms with van der Waals surface area (Å²) in [7, 11) is 3.48. The fourth-order valence-electron chi connectivity index (χ4n) is 1.83. The molecule has 20 heavy (non-hydrogen) atoms. The molecule has 0 spiro atoms. The first kappa shape index (κ1) is 14.5. The van der Waals surface area contributed by atoms with Crippen molar-refractivity contribution in [1.82, 2.24) is 14.7 Å². The third kappa shape index (κ3) is 2.98. The maximum atomic E-state index is 13.3. The van der Waals surface area contributed by atoms with E-state index in [0.29, 0.717) is 16.6 Å². The molecule has 1 amide bonds. The molecular formula is C13H14BrFN4O. The largest absolute Gasteiger partial charge is 0.396 e. The second-order valence-electron chi connectivity index (χ2n) is 4.54. The Balaban J connectivity index is 2.20. The van der Waals surface area contributed by atoms with Crippen molar-refractivity contribution in [3.8, 4) is 0 Å². The molecule has 0 radical (unpaired) electrons. The van der Waals surface area contributed by atoms with Crippen LogP contribution >= 0.6 is 15.9 Å². The topological polar surface area (TPSA) is 64.2 Å². The van der Waals surface area contributed by atoms with Crippen LogP contribution < -0.4 is 5.73 Å². The Morgan fingerprint density at radius 3 is 2.85 bits per heavy atom. The molecular weight excluding hydrogens is 327 g/mol. The molecule has 1 heterocycles. The number of nitrogens with two attached hydrogens (primary N) is 1. The van der Waals surface area contributed by atoms with Crippen LogP contribution in [-0.2, 0) is 13.6 Å². The Hall–Kier alpha value is -1.89. The van der Waals surface area contributed by atoms with Crippen molar-refractivity contribution < 1.29 is 9.18 Å². The summed E-state index contributed by atoms with van der Waals surface area (Å²) in [6.07, 6.45) is 3.52. The first-order valence-electron chi connectivity index (χ1n) is 5.86. The average molecular weight is 341 g/mol. The van der Waals surface area contributed by atoms with Gasteiger partial charge in [-0.15, -0.1) is 0 Å². The molecule has 7 heteroatoms. The smallest absolute Gasteiger partial charge is 0.255 e. The Kier molecular flexibility index (Phi) is 4.08. The van der Waals surface area contributed by atoms with Crippen molar-refractivity contribution in [2.45, 2.75) is 6.54 Å². The molecule has 106 valence electrons. The van der Waals surface area contributed by atoms with Crippen LogP contribution in [0.1, 0.15) is 15.9 Å². The first-order valence-corrected chi connectivity index (χ1v) is 6.65. The molecule has 0 aliphatic heterocycles. The van der Waals surface area contributed by atoms with Gasteiger partial charge in [-0.3, -0.25) is 9.48 Å². The van der Waals surface area contributed by atoms with Crippen LogP contribution in [0.5, 0.6) is 0 Å². The molecule has 1 aromatic carbocycles. The SMILES string of the molecule is CN(Cc1cnn(C)c1)C(=O)c1cc(N)c(F)cc1Br. The third-order valence-electron chi connectivity index (χ3n) is 2.84. The molecule has 0 atom stereocenters. The highest BCUT2D eigenvalue weighted by molar-refractivity contribution is 9.10. The fraction of sp³-hybridized carbons (Fsp3) is 0.231. The molecule has 0 unspecified atom stereocenters. The van der Waals surface area contributed by atoms with Crippen LogP contribution in [0.15, 0.2) is 29.0 Å². The zero-order chi connectivity index (χ0) is 14.9. The lowest BCUT2D eigenvalue weighted by molar-refractivity contribution is 0.0784. The molecule has 0 fully saturated rings. The van der Waals surface area contributed by atoms with E-state index in [1.807, 2.05) is 13.2 Å². The van der Waals surface area contributed by atoms with Crippen LogP contribution in [-0.4, -0.2) is 27.6 Å². The number of carbonyl (C=O) groups is 1. The number of nitrogen functional groups attached to an aromatic ring is 1. The molecule has 0 aliphatic rings. The lowest BCUT2D eigenvalue weighted by Crippen LogP contribution is -2.26. The Labute approximate surface area is 124 Å². The molecule has 2 N–H and O–H groups in total. The molecule has 2 rings (SSSR count). The summed E-state index contributed by atoms with van der Waals surface area (Å²) in [4.78, 5) is 13.9. The molecule has 0 saturated heterocycles. The maximum Gasteiger partial charge on any atom is 0.255 e. The molecule has 0 aliphatic carbocycles. The number of carbonyl (C=O) groups excluding carboxylic acids is 1. The van der Waals surface area contributed by atoms with E-state index in [2.05, 4.69) is 21.0 Å². The van der Waals surface area contributed by atoms with E-state index in [4.69, 9.17) is 5.73 Å². The van der Waals surface area contributed by atoms with Crippen molar-refractivity contribution >= 4 is 27.5 Å². The summed E-state index contributed by atoms with van der Waals surface area (Å²) in [6.45, 7) is 0.413. The van der Waals surface area contributed by atoms with Gasteiger partial charge in [0.15, 0.2) is 0 Å². The lowest BCUT2D eigenvalue weighted by Gasteiger charge is -2.17. The maximum absolute atomic E-state index is 13.3. The van der Waals surface area contributed by atoms with Crippen molar-refractivity contribution in [1.29, 1.82) is 0 Å². The summed E-state index contributed by atoms with van der Waals surface area (Å²) in [5.74, 6) is -0.796. The van der Waals surface area contributed by atoms with Gasteiger partial charge in [-0.2, -0.15) is 5.10 Å². The van der Waals surface area contributed by atoms with E-state index in [1.54, 1.807) is 17.9 Å². The number of nitrogens with zero attached hydrogens (tertiary/aromatic N) is 3. The van der Waals surface area contributed by atoms with E-state index in [0.717, 1.165) is 5.56 Å². The van der Waals surface area contributed by atoms with Gasteiger partial charge in [-0.25, -0.2) is 4.39 Å². The normalized spacial score (nSPS) is 10.6. The van der Waals surface area contributed by atoms with Gasteiger partial charge >= 0.3 is 0 Å². The fourth-order valence-corrected chi connectivity index (χ4v) is 2.32. The van der Waals surface area contributed by atoms with Gasteiger partial charge in [0.2, 0.25) is 0 Å². The standard InChI is InChI=1S/C13H14BrFN4O/c1-18(6-8-5-17-19(2)7-8)13(20)9-3-12(16)11(15)4-10(9)14/h3-5,7H,6,16H2,1-2H3. The second kappa shape index (κ2) is 5.62. The monoisotopic (exact) mass is 340 g/mol. The molecule has 0 saturated carbocycles. The van der Waals surface area contributed by atoms with Gasteiger partial charge in [-0.05, 0) is 28.1 Å². The number of hydrogen-bond acceptors (Lipinski definition) is 3. The lowest BCUT2D eigenvalue weighted by atomic mass is 10.1. The van der Waals surface area contributed by atoms with Crippen molar-refractivity contribution in [3.63, 3.8) is 0 Å². The van der Waals surface area contributed by atoms with Gasteiger partial charge in [-0.1, -0.05) is 0 Å². The van der Waals surface area contributed by atoms with Gasteiger partial charge in [0.05, 0.1) is 17.4 Å². The zero-order valence-electron chi connectivity index (χ0n) is 11.1. The second-order valence-corrected chi connectivity index (χ2v) is 5.39. The van der Waals surface area contributed by atoms with Gasteiger partial charge in [0, 0.05) is 36.9 Å². The Morgan fingerprint density at radius 1 is 1.55 bits per heavy atom. The molecule has 2 aromatic rings. The number of aryl methyl sites for hydroxylation is 1. The van der Waals surface area contributed by atoms with Crippen LogP contribution in [0.25, 0.3) is 0 Å². The van der Waals surface area contributed by atoms with Gasteiger partial charge < -0.3 is 10.6 Å². The van der Waals surface area contributed by atoms with Crippen molar-refractivity contribution in [2.24, 2.45) is 7.05 Å². The number of aromatic nitrogens is 2. The molecule has 0 bridgehead atoms. The average Bonchev–Trinajstić information content (AvgIpc) is 2.78. The molecule has 1 aromatic heterocycles. The minimum Gasteiger partial charge on any atom is -0.396 e. The molecule has 5 nitrogen and oxygen atoms in total. The van der Waals surface area contributed by atoms with Crippen LogP contribution in [0.4, 0.5) is 10.1 Å². The summed E-state index contributed by atoms with van der Waals surface area (Å²) in [5, 5.41) is 4.04. The summed E-state index contributed by atoms with van der Waals surface area (Å²) in [5.41, 5.74) is 6.69. The summed E-state index contributed by atoms with van der Waals surface area (Å²) < 4.78 is 15.3. The number of hydrogen-bond donors (Lipinski definition) is 1. The third-order valence-corrected chi connectivity index (χ3v) is 3.50. The van der Waals surface area contributed by atoms with Crippen LogP contribution in [0.2, 0.25) is 0 Å². The van der Waals surface area contributed by atoms with E-state index in [-0.39, 0.29) is 11.6 Å². The first-order chi connectivity index (χ1) is 9.38. The van der Waals surface area contributed by atoms with Crippen LogP contribution in [0, 0.1) is 5.82 Å². The highest BCUT2D eigenvalue weighted by Gasteiger charge is 2.17. The Bertz CT molecular complexity index is 656. The van der Waals surface area contributed by atoms with Crippen molar-refractivity contribution in [2.75, 3.05) is 12.8 Å². The Morgan fingerprint density at radius 2 is 2.25 bits per heavy atom. The van der Waals surface area contributed by atoms with Gasteiger partial charge in [0.25, 0.3) is 5.91 Å². The highest BCUT2D eigenvalue weighted by Crippen LogP contribution is 2.24. The van der Waals surface area contributed by atoms with E-state index < -0.39 is 5.82 Å². The minimum atomic E-state index is -0.552. The summed E-state index contributed by atoms with van der Waals surface area (Å²) in [6, 6.07) is 2.53. The van der Waals surface area contributed by atoms with Crippen molar-refractivity contribution in [3.05, 3.63) is 45.9 Å². The zero-order valence-corrected chi connectivity index (χ0v) is 12.7. The number of halogens is 2. The van der Waals surface area contributed by atoms with E-state index in [9.17, 15) is 9.18 Å².